The minimum atomic E-state index is 0.590. The summed E-state index contributed by atoms with van der Waals surface area (Å²) >= 11 is 0. The van der Waals surface area contributed by atoms with E-state index in [0.717, 1.165) is 6.04 Å². The van der Waals surface area contributed by atoms with Crippen LogP contribution in [0.1, 0.15) is 33.1 Å². The molecule has 2 N–H and O–H groups in total. The molecule has 1 saturated heterocycles. The fourth-order valence-corrected chi connectivity index (χ4v) is 2.30. The topological polar surface area (TPSA) is 24.1 Å². The molecule has 2 nitrogen and oxygen atoms in total. The number of nitrogens with one attached hydrogen (secondary N) is 2. The monoisotopic (exact) mass is 154 g/mol. The predicted octanol–water partition coefficient (Wildman–Crippen LogP) is 0.879. The maximum atomic E-state index is 3.56. The van der Waals surface area contributed by atoms with Gasteiger partial charge in [0.2, 0.25) is 0 Å². The molecule has 1 heterocycles. The van der Waals surface area contributed by atoms with Gasteiger partial charge in [0.15, 0.2) is 0 Å². The molecular formula is C9H18N2. The van der Waals surface area contributed by atoms with E-state index < -0.39 is 0 Å². The largest absolute Gasteiger partial charge is 0.312 e. The lowest BCUT2D eigenvalue weighted by Crippen LogP contribution is -2.69. The molecule has 2 rings (SSSR count). The van der Waals surface area contributed by atoms with E-state index in [1.807, 2.05) is 0 Å². The summed E-state index contributed by atoms with van der Waals surface area (Å²) in [6, 6.07) is 1.44. The smallest absolute Gasteiger partial charge is 0.0223 e. The SMILES string of the molecule is CC(C)NC1CC2(CCN2)C1. The quantitative estimate of drug-likeness (QED) is 0.617. The normalized spacial score (nSPS) is 42.3. The Balaban J connectivity index is 1.71. The maximum Gasteiger partial charge on any atom is 0.0223 e. The standard InChI is InChI=1S/C9H18N2/c1-7(2)11-8-5-9(6-8)3-4-10-9/h7-8,10-11H,3-6H2,1-2H3. The Kier molecular flexibility index (Phi) is 1.69. The van der Waals surface area contributed by atoms with Gasteiger partial charge in [-0.1, -0.05) is 13.8 Å². The summed E-state index contributed by atoms with van der Waals surface area (Å²) in [5.74, 6) is 0. The van der Waals surface area contributed by atoms with Crippen molar-refractivity contribution in [3.8, 4) is 0 Å². The van der Waals surface area contributed by atoms with Crippen molar-refractivity contribution >= 4 is 0 Å². The molecule has 0 unspecified atom stereocenters. The second kappa shape index (κ2) is 2.46. The second-order valence-corrected chi connectivity index (χ2v) is 4.38. The number of rotatable bonds is 2. The molecule has 1 saturated carbocycles. The molecule has 2 aliphatic rings. The maximum absolute atomic E-state index is 3.56. The van der Waals surface area contributed by atoms with Gasteiger partial charge in [-0.15, -0.1) is 0 Å². The predicted molar refractivity (Wildman–Crippen MR) is 46.6 cm³/mol. The van der Waals surface area contributed by atoms with Crippen LogP contribution in [0, 0.1) is 0 Å². The van der Waals surface area contributed by atoms with E-state index in [2.05, 4.69) is 24.5 Å². The first-order chi connectivity index (χ1) is 5.20. The van der Waals surface area contributed by atoms with Crippen molar-refractivity contribution in [1.82, 2.24) is 10.6 Å². The summed E-state index contributed by atoms with van der Waals surface area (Å²) < 4.78 is 0. The zero-order valence-electron chi connectivity index (χ0n) is 7.48. The summed E-state index contributed by atoms with van der Waals surface area (Å²) in [5.41, 5.74) is 0.590. The van der Waals surface area contributed by atoms with Crippen LogP contribution in [0.3, 0.4) is 0 Å². The van der Waals surface area contributed by atoms with Crippen LogP contribution >= 0.6 is 0 Å². The molecule has 0 aromatic carbocycles. The first-order valence-electron chi connectivity index (χ1n) is 4.71. The van der Waals surface area contributed by atoms with Crippen LogP contribution in [0.25, 0.3) is 0 Å². The molecule has 1 aliphatic carbocycles. The van der Waals surface area contributed by atoms with Crippen LogP contribution in [-0.4, -0.2) is 24.2 Å². The molecule has 11 heavy (non-hydrogen) atoms. The zero-order valence-corrected chi connectivity index (χ0v) is 7.48. The lowest BCUT2D eigenvalue weighted by Gasteiger charge is -2.55. The third-order valence-electron chi connectivity index (χ3n) is 2.95. The third-order valence-corrected chi connectivity index (χ3v) is 2.95. The van der Waals surface area contributed by atoms with Crippen molar-refractivity contribution in [2.45, 2.75) is 50.7 Å². The third kappa shape index (κ3) is 1.30. The summed E-state index contributed by atoms with van der Waals surface area (Å²) in [6.07, 6.45) is 4.11. The van der Waals surface area contributed by atoms with E-state index in [4.69, 9.17) is 0 Å². The van der Waals surface area contributed by atoms with Crippen molar-refractivity contribution in [3.63, 3.8) is 0 Å². The molecule has 0 atom stereocenters. The van der Waals surface area contributed by atoms with Crippen LogP contribution in [-0.2, 0) is 0 Å². The summed E-state index contributed by atoms with van der Waals surface area (Å²) in [7, 11) is 0. The molecule has 0 radical (unpaired) electrons. The number of hydrogen-bond donors (Lipinski definition) is 2. The molecule has 0 aromatic heterocycles. The van der Waals surface area contributed by atoms with Gasteiger partial charge in [-0.05, 0) is 25.8 Å². The second-order valence-electron chi connectivity index (χ2n) is 4.38. The highest BCUT2D eigenvalue weighted by Crippen LogP contribution is 2.39. The van der Waals surface area contributed by atoms with E-state index in [-0.39, 0.29) is 0 Å². The first kappa shape index (κ1) is 7.56. The van der Waals surface area contributed by atoms with Gasteiger partial charge < -0.3 is 10.6 Å². The van der Waals surface area contributed by atoms with Gasteiger partial charge in [-0.2, -0.15) is 0 Å². The highest BCUT2D eigenvalue weighted by molar-refractivity contribution is 5.09. The van der Waals surface area contributed by atoms with Gasteiger partial charge in [-0.3, -0.25) is 0 Å². The van der Waals surface area contributed by atoms with Crippen molar-refractivity contribution < 1.29 is 0 Å². The van der Waals surface area contributed by atoms with Gasteiger partial charge >= 0.3 is 0 Å². The van der Waals surface area contributed by atoms with E-state index >= 15 is 0 Å². The Morgan fingerprint density at radius 2 is 2.09 bits per heavy atom. The Bertz CT molecular complexity index is 142. The fourth-order valence-electron chi connectivity index (χ4n) is 2.30. The van der Waals surface area contributed by atoms with Gasteiger partial charge in [0, 0.05) is 17.6 Å². The highest BCUT2D eigenvalue weighted by Gasteiger charge is 2.47. The summed E-state index contributed by atoms with van der Waals surface area (Å²) in [6.45, 7) is 5.69. The molecule has 1 aliphatic heterocycles. The molecule has 2 heteroatoms. The van der Waals surface area contributed by atoms with E-state index in [1.165, 1.54) is 25.8 Å². The van der Waals surface area contributed by atoms with Gasteiger partial charge in [0.25, 0.3) is 0 Å². The van der Waals surface area contributed by atoms with Gasteiger partial charge in [0.1, 0.15) is 0 Å². The average molecular weight is 154 g/mol. The Morgan fingerprint density at radius 3 is 2.45 bits per heavy atom. The van der Waals surface area contributed by atoms with Crippen LogP contribution < -0.4 is 10.6 Å². The molecule has 0 amide bonds. The van der Waals surface area contributed by atoms with E-state index in [0.29, 0.717) is 11.6 Å². The lowest BCUT2D eigenvalue weighted by atomic mass is 9.66. The Labute approximate surface area is 68.7 Å². The minimum Gasteiger partial charge on any atom is -0.312 e. The van der Waals surface area contributed by atoms with Crippen LogP contribution in [0.15, 0.2) is 0 Å². The molecule has 1 spiro atoms. The Morgan fingerprint density at radius 1 is 1.45 bits per heavy atom. The lowest BCUT2D eigenvalue weighted by molar-refractivity contribution is 0.0587. The van der Waals surface area contributed by atoms with Crippen molar-refractivity contribution in [3.05, 3.63) is 0 Å². The van der Waals surface area contributed by atoms with Crippen molar-refractivity contribution in [2.24, 2.45) is 0 Å². The summed E-state index contributed by atoms with van der Waals surface area (Å²) in [5, 5.41) is 7.08. The van der Waals surface area contributed by atoms with Crippen molar-refractivity contribution in [1.29, 1.82) is 0 Å². The zero-order chi connectivity index (χ0) is 7.90. The number of hydrogen-bond acceptors (Lipinski definition) is 2. The van der Waals surface area contributed by atoms with Crippen molar-refractivity contribution in [2.75, 3.05) is 6.54 Å². The minimum absolute atomic E-state index is 0.590. The van der Waals surface area contributed by atoms with E-state index in [9.17, 15) is 0 Å². The van der Waals surface area contributed by atoms with Gasteiger partial charge in [0.05, 0.1) is 0 Å². The first-order valence-corrected chi connectivity index (χ1v) is 4.71. The van der Waals surface area contributed by atoms with Gasteiger partial charge in [-0.25, -0.2) is 0 Å². The highest BCUT2D eigenvalue weighted by atomic mass is 15.1. The van der Waals surface area contributed by atoms with Crippen LogP contribution in [0.4, 0.5) is 0 Å². The summed E-state index contributed by atoms with van der Waals surface area (Å²) in [4.78, 5) is 0. The molecular weight excluding hydrogens is 136 g/mol. The fraction of sp³-hybridized carbons (Fsp3) is 1.00. The molecule has 2 fully saturated rings. The average Bonchev–Trinajstić information content (AvgIpc) is 1.71. The molecule has 0 bridgehead atoms. The Hall–Kier alpha value is -0.0800. The van der Waals surface area contributed by atoms with Crippen LogP contribution in [0.2, 0.25) is 0 Å². The molecule has 64 valence electrons. The van der Waals surface area contributed by atoms with E-state index in [1.54, 1.807) is 0 Å². The van der Waals surface area contributed by atoms with Crippen LogP contribution in [0.5, 0.6) is 0 Å². The molecule has 0 aromatic rings.